The second-order valence-electron chi connectivity index (χ2n) is 6.32. The molecule has 6 nitrogen and oxygen atoms in total. The number of amides is 2. The van der Waals surface area contributed by atoms with Gasteiger partial charge in [-0.05, 0) is 30.7 Å². The van der Waals surface area contributed by atoms with Crippen LogP contribution in [0.15, 0.2) is 42.5 Å². The number of ether oxygens (including phenoxy) is 1. The summed E-state index contributed by atoms with van der Waals surface area (Å²) in [5.74, 6) is -1.85. The third-order valence-corrected chi connectivity index (χ3v) is 4.95. The number of nitrogens with one attached hydrogen (secondary N) is 1. The van der Waals surface area contributed by atoms with Gasteiger partial charge in [0.15, 0.2) is 0 Å². The summed E-state index contributed by atoms with van der Waals surface area (Å²) in [7, 11) is 0. The number of likely N-dealkylation sites (tertiary alicyclic amines) is 1. The largest absolute Gasteiger partial charge is 0.433 e. The standard InChI is InChI=1S/C19H14ClFN2O4/c20-13-9-10(5-6-14(13)21)22-17(25)15-7-8-16(24)23(15)18-11-3-1-2-4-12(11)19(26)27-18/h1-6,9,15,18H,7-8H2,(H,22,25)/t15-,18-/m1/s1. The number of benzene rings is 2. The van der Waals surface area contributed by atoms with Crippen molar-refractivity contribution < 1.29 is 23.5 Å². The summed E-state index contributed by atoms with van der Waals surface area (Å²) < 4.78 is 18.7. The molecule has 0 bridgehead atoms. The number of carbonyl (C=O) groups is 3. The van der Waals surface area contributed by atoms with Gasteiger partial charge in [-0.15, -0.1) is 0 Å². The van der Waals surface area contributed by atoms with E-state index in [4.69, 9.17) is 16.3 Å². The molecule has 0 aromatic heterocycles. The fraction of sp³-hybridized carbons (Fsp3) is 0.211. The Labute approximate surface area is 158 Å². The molecular formula is C19H14ClFN2O4. The highest BCUT2D eigenvalue weighted by molar-refractivity contribution is 6.31. The van der Waals surface area contributed by atoms with Gasteiger partial charge < -0.3 is 10.1 Å². The molecule has 2 aliphatic rings. The van der Waals surface area contributed by atoms with E-state index in [9.17, 15) is 18.8 Å². The van der Waals surface area contributed by atoms with E-state index >= 15 is 0 Å². The van der Waals surface area contributed by atoms with Crippen LogP contribution in [0.4, 0.5) is 10.1 Å². The van der Waals surface area contributed by atoms with Crippen molar-refractivity contribution in [3.8, 4) is 0 Å². The minimum atomic E-state index is -0.934. The number of cyclic esters (lactones) is 1. The Morgan fingerprint density at radius 1 is 1.22 bits per heavy atom. The molecule has 2 aromatic rings. The summed E-state index contributed by atoms with van der Waals surface area (Å²) >= 11 is 5.74. The van der Waals surface area contributed by atoms with Crippen molar-refractivity contribution in [1.29, 1.82) is 0 Å². The highest BCUT2D eigenvalue weighted by Gasteiger charge is 2.46. The summed E-state index contributed by atoms with van der Waals surface area (Å²) in [6, 6.07) is 9.76. The van der Waals surface area contributed by atoms with Crippen molar-refractivity contribution >= 4 is 35.1 Å². The number of hydrogen-bond acceptors (Lipinski definition) is 4. The molecule has 0 spiro atoms. The lowest BCUT2D eigenvalue weighted by atomic mass is 10.1. The smallest absolute Gasteiger partial charge is 0.340 e. The molecule has 2 aromatic carbocycles. The Morgan fingerprint density at radius 3 is 2.78 bits per heavy atom. The van der Waals surface area contributed by atoms with Crippen LogP contribution in [0.5, 0.6) is 0 Å². The molecule has 0 saturated carbocycles. The molecule has 1 N–H and O–H groups in total. The first kappa shape index (κ1) is 17.5. The number of nitrogens with zero attached hydrogens (tertiary/aromatic N) is 1. The normalized spacial score (nSPS) is 21.2. The number of halogens is 2. The van der Waals surface area contributed by atoms with Crippen LogP contribution in [-0.2, 0) is 14.3 Å². The fourth-order valence-corrected chi connectivity index (χ4v) is 3.57. The van der Waals surface area contributed by atoms with Crippen molar-refractivity contribution in [2.45, 2.75) is 25.1 Å². The zero-order valence-electron chi connectivity index (χ0n) is 13.9. The lowest BCUT2D eigenvalue weighted by molar-refractivity contribution is -0.144. The van der Waals surface area contributed by atoms with Gasteiger partial charge in [-0.2, -0.15) is 0 Å². The molecule has 0 radical (unpaired) electrons. The number of carbonyl (C=O) groups excluding carboxylic acids is 3. The van der Waals surface area contributed by atoms with E-state index in [1.165, 1.54) is 17.0 Å². The molecule has 0 unspecified atom stereocenters. The molecule has 138 valence electrons. The van der Waals surface area contributed by atoms with Crippen molar-refractivity contribution in [3.63, 3.8) is 0 Å². The minimum Gasteiger partial charge on any atom is -0.433 e. The van der Waals surface area contributed by atoms with E-state index in [-0.39, 0.29) is 23.8 Å². The maximum Gasteiger partial charge on any atom is 0.340 e. The van der Waals surface area contributed by atoms with Crippen molar-refractivity contribution in [2.24, 2.45) is 0 Å². The second-order valence-corrected chi connectivity index (χ2v) is 6.73. The lowest BCUT2D eigenvalue weighted by Crippen LogP contribution is -2.43. The van der Waals surface area contributed by atoms with Gasteiger partial charge in [-0.1, -0.05) is 29.8 Å². The van der Waals surface area contributed by atoms with Crippen LogP contribution in [0.1, 0.15) is 35.0 Å². The van der Waals surface area contributed by atoms with Crippen LogP contribution in [0.2, 0.25) is 5.02 Å². The molecule has 0 aliphatic carbocycles. The molecular weight excluding hydrogens is 375 g/mol. The molecule has 27 heavy (non-hydrogen) atoms. The number of esters is 1. The zero-order valence-corrected chi connectivity index (χ0v) is 14.7. The Bertz CT molecular complexity index is 964. The van der Waals surface area contributed by atoms with Gasteiger partial charge in [-0.25, -0.2) is 9.18 Å². The van der Waals surface area contributed by atoms with E-state index in [2.05, 4.69) is 5.32 Å². The number of fused-ring (bicyclic) bond motifs is 1. The Hall–Kier alpha value is -2.93. The van der Waals surface area contributed by atoms with Gasteiger partial charge in [0.2, 0.25) is 18.0 Å². The quantitative estimate of drug-likeness (QED) is 0.819. The maximum atomic E-state index is 13.3. The summed E-state index contributed by atoms with van der Waals surface area (Å²) in [4.78, 5) is 38.5. The minimum absolute atomic E-state index is 0.120. The summed E-state index contributed by atoms with van der Waals surface area (Å²) in [6.07, 6.45) is -0.481. The summed E-state index contributed by atoms with van der Waals surface area (Å²) in [5, 5.41) is 2.52. The van der Waals surface area contributed by atoms with Crippen LogP contribution >= 0.6 is 11.6 Å². The van der Waals surface area contributed by atoms with Gasteiger partial charge in [0.25, 0.3) is 0 Å². The van der Waals surface area contributed by atoms with E-state index < -0.39 is 30.0 Å². The molecule has 2 heterocycles. The van der Waals surface area contributed by atoms with E-state index in [1.54, 1.807) is 24.3 Å². The highest BCUT2D eigenvalue weighted by Crippen LogP contribution is 2.38. The van der Waals surface area contributed by atoms with E-state index in [0.717, 1.165) is 6.07 Å². The van der Waals surface area contributed by atoms with Crippen molar-refractivity contribution in [2.75, 3.05) is 5.32 Å². The molecule has 2 aliphatic heterocycles. The molecule has 2 atom stereocenters. The first-order valence-electron chi connectivity index (χ1n) is 8.32. The van der Waals surface area contributed by atoms with E-state index in [1.807, 2.05) is 0 Å². The molecule has 8 heteroatoms. The Balaban J connectivity index is 1.59. The lowest BCUT2D eigenvalue weighted by Gasteiger charge is -2.29. The van der Waals surface area contributed by atoms with Gasteiger partial charge >= 0.3 is 5.97 Å². The zero-order chi connectivity index (χ0) is 19.1. The topological polar surface area (TPSA) is 75.7 Å². The Kier molecular flexibility index (Phi) is 4.31. The number of hydrogen-bond donors (Lipinski definition) is 1. The van der Waals surface area contributed by atoms with Crippen molar-refractivity contribution in [1.82, 2.24) is 4.90 Å². The molecule has 1 fully saturated rings. The third kappa shape index (κ3) is 3.04. The van der Waals surface area contributed by atoms with Crippen LogP contribution in [-0.4, -0.2) is 28.7 Å². The van der Waals surface area contributed by atoms with Crippen molar-refractivity contribution in [3.05, 3.63) is 64.4 Å². The molecule has 4 rings (SSSR count). The first-order valence-corrected chi connectivity index (χ1v) is 8.70. The van der Waals surface area contributed by atoms with Gasteiger partial charge in [0, 0.05) is 17.7 Å². The summed E-state index contributed by atoms with van der Waals surface area (Å²) in [6.45, 7) is 0. The highest BCUT2D eigenvalue weighted by atomic mass is 35.5. The SMILES string of the molecule is O=C1O[C@@H](N2C(=O)CC[C@@H]2C(=O)Nc2ccc(F)c(Cl)c2)c2ccccc21. The number of anilines is 1. The van der Waals surface area contributed by atoms with Gasteiger partial charge in [-0.3, -0.25) is 14.5 Å². The predicted octanol–water partition coefficient (Wildman–Crippen LogP) is 3.28. The van der Waals surface area contributed by atoms with Gasteiger partial charge in [0.1, 0.15) is 11.9 Å². The first-order chi connectivity index (χ1) is 13.0. The number of rotatable bonds is 3. The van der Waals surface area contributed by atoms with Crippen LogP contribution in [0, 0.1) is 5.82 Å². The van der Waals surface area contributed by atoms with Crippen LogP contribution in [0.25, 0.3) is 0 Å². The molecule has 2 amide bonds. The van der Waals surface area contributed by atoms with Gasteiger partial charge in [0.05, 0.1) is 10.6 Å². The second kappa shape index (κ2) is 6.66. The monoisotopic (exact) mass is 388 g/mol. The maximum absolute atomic E-state index is 13.3. The third-order valence-electron chi connectivity index (χ3n) is 4.66. The predicted molar refractivity (Wildman–Crippen MR) is 94.5 cm³/mol. The van der Waals surface area contributed by atoms with E-state index in [0.29, 0.717) is 16.8 Å². The Morgan fingerprint density at radius 2 is 2.00 bits per heavy atom. The van der Waals surface area contributed by atoms with Crippen LogP contribution < -0.4 is 5.32 Å². The summed E-state index contributed by atoms with van der Waals surface area (Å²) in [5.41, 5.74) is 1.25. The van der Waals surface area contributed by atoms with Crippen LogP contribution in [0.3, 0.4) is 0 Å². The average molecular weight is 389 g/mol. The molecule has 1 saturated heterocycles. The average Bonchev–Trinajstić information content (AvgIpc) is 3.19. The fourth-order valence-electron chi connectivity index (χ4n) is 3.39.